The number of thioether (sulfide) groups is 1. The highest BCUT2D eigenvalue weighted by Crippen LogP contribution is 2.25. The third kappa shape index (κ3) is 5.93. The molecule has 0 aliphatic carbocycles. The zero-order valence-electron chi connectivity index (χ0n) is 18.2. The monoisotopic (exact) mass is 493 g/mol. The molecule has 1 aromatic carbocycles. The second-order valence-corrected chi connectivity index (χ2v) is 9.24. The summed E-state index contributed by atoms with van der Waals surface area (Å²) >= 11 is 7.50. The molecule has 11 heteroatoms. The van der Waals surface area contributed by atoms with Gasteiger partial charge in [0.05, 0.1) is 19.0 Å². The summed E-state index contributed by atoms with van der Waals surface area (Å²) in [5, 5.41) is 0.746. The van der Waals surface area contributed by atoms with Gasteiger partial charge in [-0.3, -0.25) is 9.59 Å². The van der Waals surface area contributed by atoms with Crippen LogP contribution in [-0.2, 0) is 9.53 Å². The standard InChI is InChI=1S/C22H25ClFN5O3S/c1-15-13-28(6-7-29(15)21(31)16-2-4-17(24)5-3-16)19-12-18(23)25-22(26-19)33-14-20(30)27-8-10-32-11-9-27/h2-5,12,15H,6-11,13-14H2,1H3. The Morgan fingerprint density at radius 1 is 1.15 bits per heavy atom. The Morgan fingerprint density at radius 2 is 1.88 bits per heavy atom. The van der Waals surface area contributed by atoms with Crippen molar-refractivity contribution < 1.29 is 18.7 Å². The molecule has 0 bridgehead atoms. The van der Waals surface area contributed by atoms with Gasteiger partial charge in [0, 0.05) is 50.4 Å². The molecule has 176 valence electrons. The number of hydrogen-bond donors (Lipinski definition) is 0. The predicted molar refractivity (Wildman–Crippen MR) is 124 cm³/mol. The summed E-state index contributed by atoms with van der Waals surface area (Å²) in [6.45, 7) is 5.91. The van der Waals surface area contributed by atoms with Crippen molar-refractivity contribution in [3.63, 3.8) is 0 Å². The lowest BCUT2D eigenvalue weighted by Crippen LogP contribution is -2.54. The molecule has 1 atom stereocenters. The van der Waals surface area contributed by atoms with Crippen molar-refractivity contribution in [3.8, 4) is 0 Å². The molecule has 3 heterocycles. The number of aromatic nitrogens is 2. The number of ether oxygens (including phenoxy) is 1. The van der Waals surface area contributed by atoms with Crippen LogP contribution in [0.4, 0.5) is 10.2 Å². The molecule has 1 aromatic heterocycles. The average molecular weight is 494 g/mol. The van der Waals surface area contributed by atoms with E-state index in [2.05, 4.69) is 14.9 Å². The van der Waals surface area contributed by atoms with E-state index in [1.54, 1.807) is 15.9 Å². The molecule has 33 heavy (non-hydrogen) atoms. The Labute approximate surface area is 201 Å². The first-order valence-electron chi connectivity index (χ1n) is 10.7. The molecule has 1 unspecified atom stereocenters. The number of anilines is 1. The van der Waals surface area contributed by atoms with E-state index in [4.69, 9.17) is 16.3 Å². The number of benzene rings is 1. The largest absolute Gasteiger partial charge is 0.378 e. The Morgan fingerprint density at radius 3 is 2.58 bits per heavy atom. The lowest BCUT2D eigenvalue weighted by atomic mass is 10.1. The second-order valence-electron chi connectivity index (χ2n) is 7.91. The maximum absolute atomic E-state index is 13.2. The van der Waals surface area contributed by atoms with Crippen LogP contribution < -0.4 is 4.90 Å². The quantitative estimate of drug-likeness (QED) is 0.360. The van der Waals surface area contributed by atoms with Crippen molar-refractivity contribution in [2.24, 2.45) is 0 Å². The summed E-state index contributed by atoms with van der Waals surface area (Å²) in [7, 11) is 0. The third-order valence-electron chi connectivity index (χ3n) is 5.65. The predicted octanol–water partition coefficient (Wildman–Crippen LogP) is 2.57. The highest BCUT2D eigenvalue weighted by atomic mass is 35.5. The number of hydrogen-bond acceptors (Lipinski definition) is 7. The molecule has 0 N–H and O–H groups in total. The Bertz CT molecular complexity index is 1010. The van der Waals surface area contributed by atoms with E-state index >= 15 is 0 Å². The van der Waals surface area contributed by atoms with Crippen LogP contribution in [-0.4, -0.2) is 89.3 Å². The van der Waals surface area contributed by atoms with Gasteiger partial charge in [0.2, 0.25) is 5.91 Å². The first kappa shape index (κ1) is 23.7. The van der Waals surface area contributed by atoms with E-state index in [1.807, 2.05) is 6.92 Å². The van der Waals surface area contributed by atoms with Crippen LogP contribution in [0.1, 0.15) is 17.3 Å². The number of morpholine rings is 1. The van der Waals surface area contributed by atoms with Crippen molar-refractivity contribution in [3.05, 3.63) is 46.9 Å². The minimum Gasteiger partial charge on any atom is -0.378 e. The SMILES string of the molecule is CC1CN(c2cc(Cl)nc(SCC(=O)N3CCOCC3)n2)CCN1C(=O)c1ccc(F)cc1. The van der Waals surface area contributed by atoms with Gasteiger partial charge in [-0.1, -0.05) is 23.4 Å². The van der Waals surface area contributed by atoms with Crippen LogP contribution in [0.15, 0.2) is 35.5 Å². The Balaban J connectivity index is 1.38. The van der Waals surface area contributed by atoms with E-state index < -0.39 is 0 Å². The van der Waals surface area contributed by atoms with Gasteiger partial charge >= 0.3 is 0 Å². The maximum atomic E-state index is 13.2. The topological polar surface area (TPSA) is 78.9 Å². The minimum atomic E-state index is -0.370. The zero-order valence-corrected chi connectivity index (χ0v) is 19.8. The van der Waals surface area contributed by atoms with E-state index in [-0.39, 0.29) is 29.4 Å². The summed E-state index contributed by atoms with van der Waals surface area (Å²) in [6, 6.07) is 7.20. The molecule has 8 nitrogen and oxygen atoms in total. The van der Waals surface area contributed by atoms with Gasteiger partial charge in [-0.05, 0) is 31.2 Å². The summed E-state index contributed by atoms with van der Waals surface area (Å²) in [6.07, 6.45) is 0. The van der Waals surface area contributed by atoms with E-state index in [0.29, 0.717) is 67.6 Å². The molecule has 2 aliphatic heterocycles. The summed E-state index contributed by atoms with van der Waals surface area (Å²) in [5.74, 6) is 0.425. The van der Waals surface area contributed by atoms with Gasteiger partial charge in [0.25, 0.3) is 5.91 Å². The van der Waals surface area contributed by atoms with E-state index in [0.717, 1.165) is 0 Å². The van der Waals surface area contributed by atoms with E-state index in [9.17, 15) is 14.0 Å². The van der Waals surface area contributed by atoms with Crippen LogP contribution >= 0.6 is 23.4 Å². The highest BCUT2D eigenvalue weighted by Gasteiger charge is 2.29. The Hall–Kier alpha value is -2.43. The van der Waals surface area contributed by atoms with Gasteiger partial charge in [-0.2, -0.15) is 0 Å². The fraction of sp³-hybridized carbons (Fsp3) is 0.455. The fourth-order valence-corrected chi connectivity index (χ4v) is 4.85. The highest BCUT2D eigenvalue weighted by molar-refractivity contribution is 7.99. The lowest BCUT2D eigenvalue weighted by Gasteiger charge is -2.40. The molecule has 0 saturated carbocycles. The lowest BCUT2D eigenvalue weighted by molar-refractivity contribution is -0.132. The van der Waals surface area contributed by atoms with Crippen molar-refractivity contribution >= 4 is 41.0 Å². The fourth-order valence-electron chi connectivity index (χ4n) is 3.87. The van der Waals surface area contributed by atoms with Crippen molar-refractivity contribution in [2.75, 3.05) is 56.6 Å². The molecule has 2 aliphatic rings. The molecule has 4 rings (SSSR count). The molecule has 2 aromatic rings. The number of piperazine rings is 1. The van der Waals surface area contributed by atoms with E-state index in [1.165, 1.54) is 36.0 Å². The maximum Gasteiger partial charge on any atom is 0.254 e. The van der Waals surface area contributed by atoms with Crippen molar-refractivity contribution in [1.82, 2.24) is 19.8 Å². The summed E-state index contributed by atoms with van der Waals surface area (Å²) in [5.41, 5.74) is 0.463. The molecule has 0 spiro atoms. The minimum absolute atomic E-state index is 0.0231. The van der Waals surface area contributed by atoms with Crippen LogP contribution in [0.2, 0.25) is 5.15 Å². The van der Waals surface area contributed by atoms with Crippen molar-refractivity contribution in [2.45, 2.75) is 18.1 Å². The smallest absolute Gasteiger partial charge is 0.254 e. The molecule has 2 saturated heterocycles. The number of amides is 2. The first-order valence-corrected chi connectivity index (χ1v) is 12.1. The van der Waals surface area contributed by atoms with Gasteiger partial charge in [0.15, 0.2) is 5.16 Å². The van der Waals surface area contributed by atoms with Crippen LogP contribution in [0.5, 0.6) is 0 Å². The number of carbonyl (C=O) groups excluding carboxylic acids is 2. The van der Waals surface area contributed by atoms with Gasteiger partial charge in [-0.25, -0.2) is 14.4 Å². The molecular weight excluding hydrogens is 469 g/mol. The van der Waals surface area contributed by atoms with Crippen LogP contribution in [0.25, 0.3) is 0 Å². The molecule has 2 amide bonds. The zero-order chi connectivity index (χ0) is 23.4. The van der Waals surface area contributed by atoms with Gasteiger partial charge in [-0.15, -0.1) is 0 Å². The number of carbonyl (C=O) groups is 2. The second kappa shape index (κ2) is 10.7. The van der Waals surface area contributed by atoms with Crippen LogP contribution in [0, 0.1) is 5.82 Å². The number of halogens is 2. The van der Waals surface area contributed by atoms with Crippen LogP contribution in [0.3, 0.4) is 0 Å². The number of nitrogens with zero attached hydrogens (tertiary/aromatic N) is 5. The summed E-state index contributed by atoms with van der Waals surface area (Å²) < 4.78 is 18.5. The average Bonchev–Trinajstić information content (AvgIpc) is 2.83. The molecular formula is C22H25ClFN5O3S. The van der Waals surface area contributed by atoms with Gasteiger partial charge in [0.1, 0.15) is 16.8 Å². The normalized spacial score (nSPS) is 19.0. The number of rotatable bonds is 5. The summed E-state index contributed by atoms with van der Waals surface area (Å²) in [4.78, 5) is 39.7. The first-order chi connectivity index (χ1) is 15.9. The van der Waals surface area contributed by atoms with Crippen molar-refractivity contribution in [1.29, 1.82) is 0 Å². The molecule has 0 radical (unpaired) electrons. The third-order valence-corrected chi connectivity index (χ3v) is 6.68. The molecule has 2 fully saturated rings. The van der Waals surface area contributed by atoms with Gasteiger partial charge < -0.3 is 19.4 Å². The Kier molecular flexibility index (Phi) is 7.67.